The molecule has 0 radical (unpaired) electrons. The van der Waals surface area contributed by atoms with E-state index in [1.165, 1.54) is 192 Å². The van der Waals surface area contributed by atoms with Crippen LogP contribution in [0.1, 0.15) is 266 Å². The molecule has 0 amide bonds. The van der Waals surface area contributed by atoms with Crippen molar-refractivity contribution in [3.8, 4) is 0 Å². The van der Waals surface area contributed by atoms with Crippen molar-refractivity contribution in [1.82, 2.24) is 0 Å². The second-order valence-electron chi connectivity index (χ2n) is 17.1. The predicted octanol–water partition coefficient (Wildman–Crippen LogP) is 13.1. The van der Waals surface area contributed by atoms with Crippen LogP contribution in [-0.4, -0.2) is 38.1 Å². The summed E-state index contributed by atoms with van der Waals surface area (Å²) in [5.41, 5.74) is -0.330. The number of carbonyl (C=O) groups excluding carboxylic acids is 2. The van der Waals surface area contributed by atoms with Gasteiger partial charge in [-0.2, -0.15) is 0 Å². The molecule has 0 atom stereocenters. The number of rotatable bonds is 43. The third kappa shape index (κ3) is 37.1. The SMILES string of the molecule is CCC/C=C/CCCCCCCCCCCCCCCCCOC(=O)c1ccc(S(=O)(=O)[O-])cc1C(=O)OCCCCCCCCCCCCCCCCC/C=C/CCC.[K+]. The van der Waals surface area contributed by atoms with Crippen molar-refractivity contribution in [2.45, 2.75) is 250 Å². The Labute approximate surface area is 418 Å². The van der Waals surface area contributed by atoms with Gasteiger partial charge in [-0.15, -0.1) is 0 Å². The molecular formula is C52H89KO7S. The second kappa shape index (κ2) is 44.4. The molecule has 0 aromatic heterocycles. The Hall–Kier alpha value is -0.814. The minimum absolute atomic E-state index is 0. The molecule has 9 heteroatoms. The Morgan fingerprint density at radius 3 is 1.03 bits per heavy atom. The normalized spacial score (nSPS) is 11.7. The van der Waals surface area contributed by atoms with Crippen LogP contribution in [0.4, 0.5) is 0 Å². The van der Waals surface area contributed by atoms with E-state index < -0.39 is 27.0 Å². The van der Waals surface area contributed by atoms with Gasteiger partial charge in [-0.3, -0.25) is 0 Å². The zero-order chi connectivity index (χ0) is 43.6. The van der Waals surface area contributed by atoms with Gasteiger partial charge in [0.2, 0.25) is 0 Å². The summed E-state index contributed by atoms with van der Waals surface area (Å²) in [4.78, 5) is 25.3. The van der Waals surface area contributed by atoms with Crippen molar-refractivity contribution in [1.29, 1.82) is 0 Å². The third-order valence-corrected chi connectivity index (χ3v) is 12.3. The first-order valence-electron chi connectivity index (χ1n) is 25.0. The van der Waals surface area contributed by atoms with Crippen molar-refractivity contribution < 1.29 is 83.4 Å². The fraction of sp³-hybridized carbons (Fsp3) is 0.769. The maximum Gasteiger partial charge on any atom is 1.00 e. The molecule has 0 N–H and O–H groups in total. The van der Waals surface area contributed by atoms with Crippen LogP contribution in [0.15, 0.2) is 47.4 Å². The molecule has 0 bridgehead atoms. The fourth-order valence-electron chi connectivity index (χ4n) is 7.64. The van der Waals surface area contributed by atoms with Gasteiger partial charge in [-0.25, -0.2) is 18.0 Å². The van der Waals surface area contributed by atoms with E-state index in [0.717, 1.165) is 44.2 Å². The van der Waals surface area contributed by atoms with Crippen LogP contribution in [0.3, 0.4) is 0 Å². The zero-order valence-electron chi connectivity index (χ0n) is 39.7. The van der Waals surface area contributed by atoms with Gasteiger partial charge in [0, 0.05) is 0 Å². The van der Waals surface area contributed by atoms with E-state index in [1.54, 1.807) is 0 Å². The first-order chi connectivity index (χ1) is 29.3. The molecule has 0 unspecified atom stereocenters. The number of esters is 2. The van der Waals surface area contributed by atoms with Gasteiger partial charge in [0.1, 0.15) is 10.1 Å². The smallest absolute Gasteiger partial charge is 0.744 e. The van der Waals surface area contributed by atoms with Crippen molar-refractivity contribution in [3.05, 3.63) is 53.6 Å². The van der Waals surface area contributed by atoms with Crippen molar-refractivity contribution in [3.63, 3.8) is 0 Å². The molecule has 0 fully saturated rings. The summed E-state index contributed by atoms with van der Waals surface area (Å²) >= 11 is 0. The van der Waals surface area contributed by atoms with E-state index in [2.05, 4.69) is 38.2 Å². The van der Waals surface area contributed by atoms with Crippen LogP contribution < -0.4 is 51.4 Å². The quantitative estimate of drug-likeness (QED) is 0.0211. The number of carbonyl (C=O) groups is 2. The molecule has 61 heavy (non-hydrogen) atoms. The van der Waals surface area contributed by atoms with Gasteiger partial charge in [-0.05, 0) is 69.6 Å². The van der Waals surface area contributed by atoms with E-state index in [1.807, 2.05) is 0 Å². The van der Waals surface area contributed by atoms with Crippen LogP contribution in [0.5, 0.6) is 0 Å². The molecule has 1 rings (SSSR count). The van der Waals surface area contributed by atoms with Gasteiger partial charge < -0.3 is 14.0 Å². The first kappa shape index (κ1) is 60.2. The predicted molar refractivity (Wildman–Crippen MR) is 251 cm³/mol. The van der Waals surface area contributed by atoms with Crippen LogP contribution in [-0.2, 0) is 19.6 Å². The van der Waals surface area contributed by atoms with Crippen LogP contribution in [0.25, 0.3) is 0 Å². The molecule has 0 aliphatic carbocycles. The van der Waals surface area contributed by atoms with Crippen molar-refractivity contribution >= 4 is 22.1 Å². The number of benzene rings is 1. The summed E-state index contributed by atoms with van der Waals surface area (Å²) in [5.74, 6) is -1.54. The van der Waals surface area contributed by atoms with Crippen LogP contribution >= 0.6 is 0 Å². The summed E-state index contributed by atoms with van der Waals surface area (Å²) in [6, 6.07) is 3.16. The van der Waals surface area contributed by atoms with Gasteiger partial charge in [0.05, 0.1) is 29.2 Å². The Kier molecular flexibility index (Phi) is 43.8. The first-order valence-corrected chi connectivity index (χ1v) is 26.5. The van der Waals surface area contributed by atoms with Crippen LogP contribution in [0, 0.1) is 0 Å². The van der Waals surface area contributed by atoms with E-state index in [4.69, 9.17) is 9.47 Å². The molecule has 0 saturated heterocycles. The van der Waals surface area contributed by atoms with Gasteiger partial charge in [0.15, 0.2) is 0 Å². The minimum atomic E-state index is -4.82. The monoisotopic (exact) mass is 897 g/mol. The average molecular weight is 897 g/mol. The topological polar surface area (TPSA) is 110 Å². The molecule has 1 aromatic rings. The number of hydrogen-bond donors (Lipinski definition) is 0. The summed E-state index contributed by atoms with van der Waals surface area (Å²) in [6.07, 6.45) is 53.7. The number of ether oxygens (including phenoxy) is 2. The van der Waals surface area contributed by atoms with Gasteiger partial charge in [0.25, 0.3) is 0 Å². The standard InChI is InChI=1S/C52H90O7S.K/c1-3-5-7-9-11-13-15-17-19-21-23-25-27-29-31-33-35-37-39-41-45-58-51(53)49-44-43-48(60(55,56)57)47-50(49)52(54)59-46-42-40-38-36-34-32-30-28-26-24-22-20-18-16-14-12-10-8-6-4-2;/h7-10,43-44,47H,3-6,11-42,45-46H2,1-2H3,(H,55,56,57);/q;+1/p-1/b9-7+,10-8+;. The van der Waals surface area contributed by atoms with E-state index in [9.17, 15) is 22.6 Å². The molecule has 0 spiro atoms. The van der Waals surface area contributed by atoms with E-state index in [-0.39, 0.29) is 75.7 Å². The van der Waals surface area contributed by atoms with Gasteiger partial charge >= 0.3 is 63.3 Å². The molecule has 1 aromatic carbocycles. The third-order valence-electron chi connectivity index (χ3n) is 11.5. The molecule has 7 nitrogen and oxygen atoms in total. The average Bonchev–Trinajstić information content (AvgIpc) is 3.24. The summed E-state index contributed by atoms with van der Waals surface area (Å²) in [6.45, 7) is 4.82. The summed E-state index contributed by atoms with van der Waals surface area (Å²) < 4.78 is 46.0. The van der Waals surface area contributed by atoms with Crippen molar-refractivity contribution in [2.24, 2.45) is 0 Å². The minimum Gasteiger partial charge on any atom is -0.744 e. The fourth-order valence-corrected chi connectivity index (χ4v) is 8.14. The number of hydrogen-bond acceptors (Lipinski definition) is 7. The molecule has 0 aliphatic heterocycles. The zero-order valence-corrected chi connectivity index (χ0v) is 43.6. The second-order valence-corrected chi connectivity index (χ2v) is 18.5. The maximum atomic E-state index is 13.0. The van der Waals surface area contributed by atoms with Crippen LogP contribution in [0.2, 0.25) is 0 Å². The Morgan fingerprint density at radius 1 is 0.443 bits per heavy atom. The Morgan fingerprint density at radius 2 is 0.721 bits per heavy atom. The largest absolute Gasteiger partial charge is 1.00 e. The molecule has 346 valence electrons. The summed E-state index contributed by atoms with van der Waals surface area (Å²) in [7, 11) is -4.82. The Balaban J connectivity index is 0.0000360. The molecule has 0 heterocycles. The van der Waals surface area contributed by atoms with Gasteiger partial charge in [-0.1, -0.05) is 218 Å². The van der Waals surface area contributed by atoms with Crippen molar-refractivity contribution in [2.75, 3.05) is 13.2 Å². The summed E-state index contributed by atoms with van der Waals surface area (Å²) in [5, 5.41) is 0. The van der Waals surface area contributed by atoms with E-state index in [0.29, 0.717) is 12.8 Å². The number of unbranched alkanes of at least 4 members (excludes halogenated alkanes) is 32. The maximum absolute atomic E-state index is 13.0. The molecule has 0 saturated carbocycles. The number of allylic oxidation sites excluding steroid dienone is 4. The van der Waals surface area contributed by atoms with E-state index >= 15 is 0 Å². The molecule has 0 aliphatic rings. The molecular weight excluding hydrogens is 808 g/mol. The Bertz CT molecular complexity index is 1340.